The van der Waals surface area contributed by atoms with Crippen molar-refractivity contribution in [3.8, 4) is 11.8 Å². The molecule has 0 bridgehead atoms. The Balaban J connectivity index is 0.00000187. The molecule has 5 heteroatoms. The maximum absolute atomic E-state index is 13.5. The smallest absolute Gasteiger partial charge is 0.320 e. The quantitative estimate of drug-likeness (QED) is 0.329. The largest absolute Gasteiger partial charge is 0.468 e. The molecule has 1 atom stereocenters. The first-order valence-corrected chi connectivity index (χ1v) is 12.5. The van der Waals surface area contributed by atoms with Gasteiger partial charge in [-0.1, -0.05) is 85.1 Å². The first-order valence-electron chi connectivity index (χ1n) is 11.7. The summed E-state index contributed by atoms with van der Waals surface area (Å²) in [6.07, 6.45) is 5.31. The molecular formula is C28H34BrNO3. The number of hydrogen-bond donors (Lipinski definition) is 0. The zero-order valence-electron chi connectivity index (χ0n) is 20.1. The van der Waals surface area contributed by atoms with E-state index in [9.17, 15) is 9.59 Å². The third-order valence-corrected chi connectivity index (χ3v) is 6.43. The van der Waals surface area contributed by atoms with Crippen LogP contribution in [-0.2, 0) is 20.9 Å². The molecule has 1 aliphatic rings. The minimum absolute atomic E-state index is 0.0605. The van der Waals surface area contributed by atoms with Gasteiger partial charge in [-0.2, -0.15) is 0 Å². The fraction of sp³-hybridized carbons (Fsp3) is 0.429. The van der Waals surface area contributed by atoms with Gasteiger partial charge in [0.1, 0.15) is 5.92 Å². The zero-order valence-corrected chi connectivity index (χ0v) is 21.7. The molecule has 33 heavy (non-hydrogen) atoms. The SMILES string of the molecule is CC.COC(=O)C(C)C#Cc1cccc(N(Cc2ccccc2Br)C(=O)C2CCCCC2)c1. The van der Waals surface area contributed by atoms with Gasteiger partial charge in [0, 0.05) is 21.6 Å². The van der Waals surface area contributed by atoms with Crippen LogP contribution in [0.1, 0.15) is 64.0 Å². The molecule has 0 saturated heterocycles. The molecule has 176 valence electrons. The fourth-order valence-corrected chi connectivity index (χ4v) is 4.25. The molecule has 1 unspecified atom stereocenters. The third-order valence-electron chi connectivity index (χ3n) is 5.65. The lowest BCUT2D eigenvalue weighted by Gasteiger charge is -2.30. The van der Waals surface area contributed by atoms with Gasteiger partial charge >= 0.3 is 5.97 Å². The predicted molar refractivity (Wildman–Crippen MR) is 138 cm³/mol. The first kappa shape index (κ1) is 26.7. The molecule has 4 nitrogen and oxygen atoms in total. The Morgan fingerprint density at radius 3 is 2.45 bits per heavy atom. The van der Waals surface area contributed by atoms with Gasteiger partial charge < -0.3 is 9.64 Å². The van der Waals surface area contributed by atoms with Crippen LogP contribution in [0, 0.1) is 23.7 Å². The molecule has 3 rings (SSSR count). The second-order valence-corrected chi connectivity index (χ2v) is 8.77. The summed E-state index contributed by atoms with van der Waals surface area (Å²) in [6, 6.07) is 15.7. The van der Waals surface area contributed by atoms with Crippen molar-refractivity contribution in [3.63, 3.8) is 0 Å². The Labute approximate surface area is 206 Å². The number of anilines is 1. The second kappa shape index (κ2) is 13.9. The van der Waals surface area contributed by atoms with Crippen molar-refractivity contribution < 1.29 is 14.3 Å². The number of carbonyl (C=O) groups is 2. The van der Waals surface area contributed by atoms with Crippen molar-refractivity contribution in [2.24, 2.45) is 11.8 Å². The van der Waals surface area contributed by atoms with E-state index in [4.69, 9.17) is 4.74 Å². The highest BCUT2D eigenvalue weighted by Crippen LogP contribution is 2.30. The third kappa shape index (κ3) is 7.75. The van der Waals surface area contributed by atoms with E-state index in [-0.39, 0.29) is 17.8 Å². The van der Waals surface area contributed by atoms with Gasteiger partial charge in [-0.25, -0.2) is 0 Å². The number of methoxy groups -OCH3 is 1. The van der Waals surface area contributed by atoms with Crippen LogP contribution in [0.2, 0.25) is 0 Å². The molecule has 0 heterocycles. The van der Waals surface area contributed by atoms with Crippen molar-refractivity contribution in [1.82, 2.24) is 0 Å². The number of nitrogens with zero attached hydrogens (tertiary/aromatic N) is 1. The molecule has 0 N–H and O–H groups in total. The van der Waals surface area contributed by atoms with Crippen LogP contribution < -0.4 is 4.90 Å². The summed E-state index contributed by atoms with van der Waals surface area (Å²) in [5, 5.41) is 0. The van der Waals surface area contributed by atoms with Crippen LogP contribution in [0.15, 0.2) is 53.0 Å². The van der Waals surface area contributed by atoms with Crippen LogP contribution >= 0.6 is 15.9 Å². The van der Waals surface area contributed by atoms with Crippen molar-refractivity contribution in [1.29, 1.82) is 0 Å². The Hall–Kier alpha value is -2.58. The average Bonchev–Trinajstić information content (AvgIpc) is 2.87. The van der Waals surface area contributed by atoms with Crippen molar-refractivity contribution in [3.05, 3.63) is 64.1 Å². The highest BCUT2D eigenvalue weighted by atomic mass is 79.9. The van der Waals surface area contributed by atoms with Crippen LogP contribution in [0.3, 0.4) is 0 Å². The Morgan fingerprint density at radius 2 is 1.79 bits per heavy atom. The summed E-state index contributed by atoms with van der Waals surface area (Å²) >= 11 is 3.61. The Kier molecular flexibility index (Phi) is 11.2. The number of amides is 1. The first-order chi connectivity index (χ1) is 16.0. The lowest BCUT2D eigenvalue weighted by atomic mass is 9.88. The van der Waals surface area contributed by atoms with Crippen molar-refractivity contribution >= 4 is 33.5 Å². The van der Waals surface area contributed by atoms with Crippen LogP contribution in [-0.4, -0.2) is 19.0 Å². The van der Waals surface area contributed by atoms with E-state index in [0.29, 0.717) is 6.54 Å². The summed E-state index contributed by atoms with van der Waals surface area (Å²) in [4.78, 5) is 27.0. The van der Waals surface area contributed by atoms with Gasteiger partial charge in [0.15, 0.2) is 0 Å². The van der Waals surface area contributed by atoms with Crippen molar-refractivity contribution in [2.45, 2.75) is 59.4 Å². The molecular weight excluding hydrogens is 478 g/mol. The van der Waals surface area contributed by atoms with E-state index < -0.39 is 5.92 Å². The molecule has 0 radical (unpaired) electrons. The van der Waals surface area contributed by atoms with E-state index in [2.05, 4.69) is 27.8 Å². The minimum Gasteiger partial charge on any atom is -0.468 e. The molecule has 1 fully saturated rings. The maximum Gasteiger partial charge on any atom is 0.320 e. The normalized spacial score (nSPS) is 14.1. The highest BCUT2D eigenvalue weighted by Gasteiger charge is 2.27. The summed E-state index contributed by atoms with van der Waals surface area (Å²) in [5.74, 6) is 5.35. The molecule has 2 aromatic rings. The van der Waals surface area contributed by atoms with Gasteiger partial charge in [0.05, 0.1) is 13.7 Å². The van der Waals surface area contributed by atoms with Crippen LogP contribution in [0.5, 0.6) is 0 Å². The Bertz CT molecular complexity index is 986. The van der Waals surface area contributed by atoms with Gasteiger partial charge in [-0.05, 0) is 49.6 Å². The lowest BCUT2D eigenvalue weighted by molar-refractivity contribution is -0.142. The summed E-state index contributed by atoms with van der Waals surface area (Å²) in [6.45, 7) is 6.21. The summed E-state index contributed by atoms with van der Waals surface area (Å²) in [7, 11) is 1.36. The van der Waals surface area contributed by atoms with Gasteiger partial charge in [-0.15, -0.1) is 0 Å². The van der Waals surface area contributed by atoms with E-state index in [1.807, 2.05) is 67.3 Å². The maximum atomic E-state index is 13.5. The number of rotatable bonds is 5. The zero-order chi connectivity index (χ0) is 24.2. The topological polar surface area (TPSA) is 46.6 Å². The van der Waals surface area contributed by atoms with E-state index in [0.717, 1.165) is 47.0 Å². The summed E-state index contributed by atoms with van der Waals surface area (Å²) in [5.41, 5.74) is 2.65. The minimum atomic E-state index is -0.506. The van der Waals surface area contributed by atoms with Gasteiger partial charge in [0.25, 0.3) is 0 Å². The monoisotopic (exact) mass is 511 g/mol. The summed E-state index contributed by atoms with van der Waals surface area (Å²) < 4.78 is 5.73. The Morgan fingerprint density at radius 1 is 1.09 bits per heavy atom. The molecule has 0 spiro atoms. The van der Waals surface area contributed by atoms with Gasteiger partial charge in [-0.3, -0.25) is 9.59 Å². The number of halogens is 1. The molecule has 0 aromatic heterocycles. The van der Waals surface area contributed by atoms with Crippen LogP contribution in [0.4, 0.5) is 5.69 Å². The molecule has 0 aliphatic heterocycles. The molecule has 1 aliphatic carbocycles. The van der Waals surface area contributed by atoms with E-state index in [1.54, 1.807) is 6.92 Å². The predicted octanol–water partition coefficient (Wildman–Crippen LogP) is 6.75. The van der Waals surface area contributed by atoms with Crippen LogP contribution in [0.25, 0.3) is 0 Å². The van der Waals surface area contributed by atoms with Crippen molar-refractivity contribution in [2.75, 3.05) is 12.0 Å². The van der Waals surface area contributed by atoms with Gasteiger partial charge in [0.2, 0.25) is 5.91 Å². The average molecular weight is 512 g/mol. The fourth-order valence-electron chi connectivity index (χ4n) is 3.84. The number of benzene rings is 2. The second-order valence-electron chi connectivity index (χ2n) is 7.92. The highest BCUT2D eigenvalue weighted by molar-refractivity contribution is 9.10. The molecule has 1 saturated carbocycles. The van der Waals surface area contributed by atoms with E-state index in [1.165, 1.54) is 13.5 Å². The standard InChI is InChI=1S/C26H28BrNO3.C2H6/c1-19(26(30)31-2)15-16-20-9-8-13-23(17-20)28(18-22-12-6-7-14-24(22)27)25(29)21-10-4-3-5-11-21;1-2/h6-9,12-14,17,19,21H,3-5,10-11,18H2,1-2H3;1-2H3. The van der Waals surface area contributed by atoms with E-state index >= 15 is 0 Å². The number of carbonyl (C=O) groups excluding carboxylic acids is 2. The number of hydrogen-bond acceptors (Lipinski definition) is 3. The number of esters is 1. The molecule has 2 aromatic carbocycles. The lowest BCUT2D eigenvalue weighted by Crippen LogP contribution is -2.36. The molecule has 1 amide bonds. The number of ether oxygens (including phenoxy) is 1.